The Balaban J connectivity index is 1.98. The van der Waals surface area contributed by atoms with Gasteiger partial charge in [0.05, 0.1) is 12.3 Å². The maximum absolute atomic E-state index is 9.29. The van der Waals surface area contributed by atoms with Crippen LogP contribution in [0.2, 0.25) is 0 Å². The summed E-state index contributed by atoms with van der Waals surface area (Å²) in [6.07, 6.45) is 5.74. The number of aliphatic hydroxyl groups excluding tert-OH is 1. The molecule has 0 aliphatic rings. The molecule has 2 N–H and O–H groups in total. The second-order valence-electron chi connectivity index (χ2n) is 4.75. The van der Waals surface area contributed by atoms with Gasteiger partial charge in [-0.1, -0.05) is 12.1 Å². The molecule has 4 nitrogen and oxygen atoms in total. The number of benzene rings is 1. The maximum atomic E-state index is 9.29. The van der Waals surface area contributed by atoms with E-state index in [9.17, 15) is 5.11 Å². The summed E-state index contributed by atoms with van der Waals surface area (Å²) in [4.78, 5) is 0. The number of hydrogen-bond acceptors (Lipinski definition) is 4. The lowest BCUT2D eigenvalue weighted by Gasteiger charge is -2.21. The van der Waals surface area contributed by atoms with Crippen LogP contribution >= 0.6 is 11.8 Å². The van der Waals surface area contributed by atoms with E-state index in [1.165, 1.54) is 5.56 Å². The van der Waals surface area contributed by atoms with Crippen LogP contribution in [-0.4, -0.2) is 39.0 Å². The second-order valence-corrected chi connectivity index (χ2v) is 5.82. The van der Waals surface area contributed by atoms with Crippen LogP contribution in [0.1, 0.15) is 12.5 Å². The van der Waals surface area contributed by atoms with E-state index in [1.807, 2.05) is 35.3 Å². The molecule has 0 saturated carbocycles. The summed E-state index contributed by atoms with van der Waals surface area (Å²) < 4.78 is 1.85. The van der Waals surface area contributed by atoms with Crippen molar-refractivity contribution in [1.29, 1.82) is 0 Å². The Labute approximate surface area is 124 Å². The average Bonchev–Trinajstić information content (AvgIpc) is 3.01. The largest absolute Gasteiger partial charge is 0.395 e. The molecule has 0 bridgehead atoms. The first-order valence-corrected chi connectivity index (χ1v) is 7.99. The molecule has 2 unspecified atom stereocenters. The van der Waals surface area contributed by atoms with Crippen molar-refractivity contribution in [1.82, 2.24) is 15.1 Å². The predicted molar refractivity (Wildman–Crippen MR) is 84.3 cm³/mol. The summed E-state index contributed by atoms with van der Waals surface area (Å²) in [5.74, 6) is 0. The van der Waals surface area contributed by atoms with E-state index in [-0.39, 0.29) is 17.9 Å². The Morgan fingerprint density at radius 2 is 2.25 bits per heavy atom. The van der Waals surface area contributed by atoms with E-state index in [4.69, 9.17) is 0 Å². The molecule has 1 aromatic carbocycles. The Bertz CT molecular complexity index is 512. The van der Waals surface area contributed by atoms with E-state index in [0.29, 0.717) is 0 Å². The molecule has 0 saturated heterocycles. The van der Waals surface area contributed by atoms with Gasteiger partial charge in [-0.3, -0.25) is 0 Å². The molecule has 2 aromatic rings. The second kappa shape index (κ2) is 7.47. The number of rotatable bonds is 7. The van der Waals surface area contributed by atoms with Crippen molar-refractivity contribution in [2.45, 2.75) is 24.8 Å². The molecule has 0 radical (unpaired) electrons. The van der Waals surface area contributed by atoms with E-state index in [2.05, 4.69) is 29.5 Å². The molecular weight excluding hydrogens is 270 g/mol. The Kier molecular flexibility index (Phi) is 5.64. The molecule has 0 fully saturated rings. The Hall–Kier alpha value is -1.30. The molecule has 0 spiro atoms. The Morgan fingerprint density at radius 1 is 1.40 bits per heavy atom. The fourth-order valence-corrected chi connectivity index (χ4v) is 2.73. The highest BCUT2D eigenvalue weighted by Crippen LogP contribution is 2.13. The quantitative estimate of drug-likeness (QED) is 0.820. The lowest BCUT2D eigenvalue weighted by Crippen LogP contribution is -2.37. The van der Waals surface area contributed by atoms with E-state index >= 15 is 0 Å². The zero-order valence-electron chi connectivity index (χ0n) is 11.9. The lowest BCUT2D eigenvalue weighted by atomic mass is 10.1. The number of thioether (sulfide) groups is 1. The topological polar surface area (TPSA) is 50.1 Å². The fourth-order valence-electron chi connectivity index (χ4n) is 2.08. The van der Waals surface area contributed by atoms with Crippen LogP contribution < -0.4 is 5.32 Å². The van der Waals surface area contributed by atoms with Gasteiger partial charge in [0.15, 0.2) is 0 Å². The van der Waals surface area contributed by atoms with Gasteiger partial charge in [-0.25, -0.2) is 4.68 Å². The average molecular weight is 291 g/mol. The molecule has 5 heteroatoms. The van der Waals surface area contributed by atoms with Crippen molar-refractivity contribution >= 4 is 11.8 Å². The number of hydrogen-bond donors (Lipinski definition) is 2. The summed E-state index contributed by atoms with van der Waals surface area (Å²) in [5.41, 5.74) is 2.27. The van der Waals surface area contributed by atoms with Gasteiger partial charge in [-0.2, -0.15) is 16.9 Å². The van der Waals surface area contributed by atoms with Gasteiger partial charge in [-0.15, -0.1) is 0 Å². The fraction of sp³-hybridized carbons (Fsp3) is 0.400. The van der Waals surface area contributed by atoms with E-state index < -0.39 is 0 Å². The summed E-state index contributed by atoms with van der Waals surface area (Å²) >= 11 is 1.69. The van der Waals surface area contributed by atoms with Gasteiger partial charge in [0, 0.05) is 30.2 Å². The minimum absolute atomic E-state index is 0.197. The molecule has 20 heavy (non-hydrogen) atoms. The zero-order chi connectivity index (χ0) is 14.4. The van der Waals surface area contributed by atoms with Crippen molar-refractivity contribution < 1.29 is 5.11 Å². The third-order valence-electron chi connectivity index (χ3n) is 3.35. The summed E-state index contributed by atoms with van der Waals surface area (Å²) in [5, 5.41) is 17.2. The molecule has 0 aliphatic carbocycles. The molecule has 2 atom stereocenters. The molecule has 0 amide bonds. The first-order chi connectivity index (χ1) is 9.74. The Morgan fingerprint density at radius 3 is 2.90 bits per heavy atom. The van der Waals surface area contributed by atoms with Crippen molar-refractivity contribution in [2.24, 2.45) is 0 Å². The van der Waals surface area contributed by atoms with Gasteiger partial charge in [-0.05, 0) is 36.9 Å². The van der Waals surface area contributed by atoms with Crippen LogP contribution in [0.25, 0.3) is 5.69 Å². The summed E-state index contributed by atoms with van der Waals surface area (Å²) in [6.45, 7) is 3.09. The first-order valence-electron chi connectivity index (χ1n) is 6.70. The van der Waals surface area contributed by atoms with E-state index in [1.54, 1.807) is 18.0 Å². The number of aliphatic hydroxyl groups is 1. The standard InChI is InChI=1S/C15H21N3OS/c1-12(15(11-19)20-2)16-10-13-5-3-6-14(9-13)18-8-4-7-17-18/h3-9,12,15-16,19H,10-11H2,1-2H3. The van der Waals surface area contributed by atoms with Gasteiger partial charge in [0.2, 0.25) is 0 Å². The molecular formula is C15H21N3OS. The minimum atomic E-state index is 0.197. The summed E-state index contributed by atoms with van der Waals surface area (Å²) in [7, 11) is 0. The SMILES string of the molecule is CSC(CO)C(C)NCc1cccc(-n2cccn2)c1. The number of nitrogens with one attached hydrogen (secondary N) is 1. The lowest BCUT2D eigenvalue weighted by molar-refractivity contribution is 0.276. The zero-order valence-corrected chi connectivity index (χ0v) is 12.7. The van der Waals surface area contributed by atoms with Crippen LogP contribution in [-0.2, 0) is 6.54 Å². The number of nitrogens with zero attached hydrogens (tertiary/aromatic N) is 2. The smallest absolute Gasteiger partial charge is 0.0648 e. The van der Waals surface area contributed by atoms with Crippen molar-refractivity contribution in [3.8, 4) is 5.69 Å². The predicted octanol–water partition coefficient (Wildman–Crippen LogP) is 2.07. The molecule has 1 heterocycles. The third-order valence-corrected chi connectivity index (χ3v) is 4.51. The van der Waals surface area contributed by atoms with Crippen LogP contribution in [0.5, 0.6) is 0 Å². The van der Waals surface area contributed by atoms with E-state index in [0.717, 1.165) is 12.2 Å². The van der Waals surface area contributed by atoms with Crippen molar-refractivity contribution in [2.75, 3.05) is 12.9 Å². The molecule has 1 aromatic heterocycles. The normalized spacial score (nSPS) is 14.2. The van der Waals surface area contributed by atoms with Gasteiger partial charge in [0.1, 0.15) is 0 Å². The van der Waals surface area contributed by atoms with Crippen molar-refractivity contribution in [3.05, 3.63) is 48.3 Å². The van der Waals surface area contributed by atoms with Crippen LogP contribution in [0, 0.1) is 0 Å². The highest BCUT2D eigenvalue weighted by atomic mass is 32.2. The monoisotopic (exact) mass is 291 g/mol. The highest BCUT2D eigenvalue weighted by Gasteiger charge is 2.14. The highest BCUT2D eigenvalue weighted by molar-refractivity contribution is 7.99. The maximum Gasteiger partial charge on any atom is 0.0648 e. The third kappa shape index (κ3) is 3.85. The van der Waals surface area contributed by atoms with Crippen LogP contribution in [0.15, 0.2) is 42.7 Å². The van der Waals surface area contributed by atoms with Gasteiger partial charge < -0.3 is 10.4 Å². The minimum Gasteiger partial charge on any atom is -0.395 e. The number of aromatic nitrogens is 2. The van der Waals surface area contributed by atoms with Crippen LogP contribution in [0.4, 0.5) is 0 Å². The summed E-state index contributed by atoms with van der Waals surface area (Å²) in [6, 6.07) is 10.5. The van der Waals surface area contributed by atoms with Crippen molar-refractivity contribution in [3.63, 3.8) is 0 Å². The molecule has 108 valence electrons. The van der Waals surface area contributed by atoms with Gasteiger partial charge >= 0.3 is 0 Å². The molecule has 0 aliphatic heterocycles. The molecule has 2 rings (SSSR count). The van der Waals surface area contributed by atoms with Crippen LogP contribution in [0.3, 0.4) is 0 Å². The van der Waals surface area contributed by atoms with Gasteiger partial charge in [0.25, 0.3) is 0 Å². The first kappa shape index (κ1) is 15.1.